The van der Waals surface area contributed by atoms with Crippen LogP contribution < -0.4 is 10.1 Å². The molecule has 6 heteroatoms. The Bertz CT molecular complexity index is 1100. The molecule has 1 heterocycles. The van der Waals surface area contributed by atoms with E-state index in [0.29, 0.717) is 5.02 Å². The van der Waals surface area contributed by atoms with Crippen molar-refractivity contribution in [2.75, 3.05) is 12.4 Å². The first-order chi connectivity index (χ1) is 15.0. The van der Waals surface area contributed by atoms with Gasteiger partial charge in [-0.3, -0.25) is 0 Å². The molecule has 0 radical (unpaired) electrons. The summed E-state index contributed by atoms with van der Waals surface area (Å²) in [7, 11) is 1.65. The smallest absolute Gasteiger partial charge is 0.184 e. The number of nitrogens with one attached hydrogen (secondary N) is 1. The third-order valence-corrected chi connectivity index (χ3v) is 7.12. The molecule has 168 valence electrons. The zero-order chi connectivity index (χ0) is 22.0. The average Bonchev–Trinajstić information content (AvgIpc) is 3.53. The van der Waals surface area contributed by atoms with Gasteiger partial charge >= 0.3 is 0 Å². The fraction of sp³-hybridized carbons (Fsp3) is 0.346. The fourth-order valence-electron chi connectivity index (χ4n) is 4.04. The van der Waals surface area contributed by atoms with E-state index in [0.717, 1.165) is 44.9 Å². The van der Waals surface area contributed by atoms with Crippen LogP contribution in [0.5, 0.6) is 5.75 Å². The zero-order valence-corrected chi connectivity index (χ0v) is 20.9. The third kappa shape index (κ3) is 5.41. The molecule has 1 N–H and O–H groups in total. The Hall–Kier alpha value is -2.19. The number of anilines is 1. The molecule has 1 aromatic heterocycles. The molecule has 2 unspecified atom stereocenters. The van der Waals surface area contributed by atoms with Gasteiger partial charge in [0, 0.05) is 16.4 Å². The van der Waals surface area contributed by atoms with Crippen molar-refractivity contribution >= 4 is 40.5 Å². The van der Waals surface area contributed by atoms with Gasteiger partial charge in [-0.15, -0.1) is 30.2 Å². The summed E-state index contributed by atoms with van der Waals surface area (Å²) in [5.74, 6) is 4.81. The van der Waals surface area contributed by atoms with E-state index in [-0.39, 0.29) is 24.4 Å². The molecule has 3 nitrogen and oxygen atoms in total. The van der Waals surface area contributed by atoms with Gasteiger partial charge in [-0.1, -0.05) is 60.7 Å². The predicted octanol–water partition coefficient (Wildman–Crippen LogP) is 7.51. The quantitative estimate of drug-likeness (QED) is 0.334. The molecule has 0 aliphatic heterocycles. The van der Waals surface area contributed by atoms with Crippen LogP contribution in [-0.2, 0) is 0 Å². The van der Waals surface area contributed by atoms with E-state index in [9.17, 15) is 0 Å². The molecule has 0 amide bonds. The van der Waals surface area contributed by atoms with Crippen LogP contribution in [0.1, 0.15) is 41.2 Å². The second-order valence-electron chi connectivity index (χ2n) is 8.21. The Morgan fingerprint density at radius 1 is 1.25 bits per heavy atom. The van der Waals surface area contributed by atoms with Crippen LogP contribution in [0.15, 0.2) is 42.5 Å². The lowest BCUT2D eigenvalue weighted by molar-refractivity contribution is 0.412. The van der Waals surface area contributed by atoms with Gasteiger partial charge in [0.05, 0.1) is 23.9 Å². The van der Waals surface area contributed by atoms with Crippen LogP contribution in [0.3, 0.4) is 0 Å². The molecule has 32 heavy (non-hydrogen) atoms. The van der Waals surface area contributed by atoms with E-state index in [1.165, 1.54) is 18.4 Å². The average molecular weight is 487 g/mol. The number of hydrogen-bond acceptors (Lipinski definition) is 4. The first-order valence-electron chi connectivity index (χ1n) is 10.6. The van der Waals surface area contributed by atoms with Crippen LogP contribution in [-0.4, -0.2) is 18.1 Å². The van der Waals surface area contributed by atoms with Crippen molar-refractivity contribution in [1.29, 1.82) is 0 Å². The topological polar surface area (TPSA) is 34.2 Å². The van der Waals surface area contributed by atoms with E-state index in [1.807, 2.05) is 25.1 Å². The number of terminal acetylenes is 1. The van der Waals surface area contributed by atoms with Crippen molar-refractivity contribution in [2.45, 2.75) is 45.1 Å². The number of hydrogen-bond donors (Lipinski definition) is 1. The number of aromatic nitrogens is 1. The SMILES string of the molecule is C#CC(Nc1nc(-c2cc(C)c(OC)cc2Cl)c(C)s1)C(CC1CC1)c1ccccc1.Cl. The predicted molar refractivity (Wildman–Crippen MR) is 139 cm³/mol. The highest BCUT2D eigenvalue weighted by Gasteiger charge is 2.31. The third-order valence-electron chi connectivity index (χ3n) is 5.91. The van der Waals surface area contributed by atoms with Crippen molar-refractivity contribution < 1.29 is 4.74 Å². The lowest BCUT2D eigenvalue weighted by Crippen LogP contribution is -2.26. The molecule has 1 saturated carbocycles. The highest BCUT2D eigenvalue weighted by Crippen LogP contribution is 2.42. The Labute approximate surface area is 206 Å². The van der Waals surface area contributed by atoms with Gasteiger partial charge in [0.1, 0.15) is 5.75 Å². The maximum Gasteiger partial charge on any atom is 0.184 e. The number of methoxy groups -OCH3 is 1. The number of ether oxygens (including phenoxy) is 1. The summed E-state index contributed by atoms with van der Waals surface area (Å²) in [6, 6.07) is 14.3. The van der Waals surface area contributed by atoms with E-state index in [4.69, 9.17) is 27.7 Å². The van der Waals surface area contributed by atoms with Crippen molar-refractivity contribution in [3.8, 4) is 29.4 Å². The minimum atomic E-state index is -0.116. The highest BCUT2D eigenvalue weighted by molar-refractivity contribution is 7.16. The molecule has 1 fully saturated rings. The lowest BCUT2D eigenvalue weighted by atomic mass is 9.87. The molecule has 3 aromatic rings. The van der Waals surface area contributed by atoms with Gasteiger partial charge in [0.25, 0.3) is 0 Å². The van der Waals surface area contributed by atoms with Crippen LogP contribution in [0.2, 0.25) is 5.02 Å². The zero-order valence-electron chi connectivity index (χ0n) is 18.5. The van der Waals surface area contributed by atoms with Crippen LogP contribution in [0.25, 0.3) is 11.3 Å². The monoisotopic (exact) mass is 486 g/mol. The molecule has 0 bridgehead atoms. The van der Waals surface area contributed by atoms with E-state index >= 15 is 0 Å². The molecular weight excluding hydrogens is 459 g/mol. The molecule has 0 saturated heterocycles. The van der Waals surface area contributed by atoms with Crippen molar-refractivity contribution in [2.24, 2.45) is 5.92 Å². The van der Waals surface area contributed by atoms with Crippen LogP contribution in [0, 0.1) is 32.1 Å². The Morgan fingerprint density at radius 2 is 1.97 bits per heavy atom. The first kappa shape index (κ1) is 24.5. The normalized spacial score (nSPS) is 14.7. The number of aryl methyl sites for hydroxylation is 2. The Balaban J connectivity index is 0.00000289. The largest absolute Gasteiger partial charge is 0.496 e. The second kappa shape index (κ2) is 10.6. The Kier molecular flexibility index (Phi) is 8.11. The van der Waals surface area contributed by atoms with Gasteiger partial charge < -0.3 is 10.1 Å². The standard InChI is InChI=1S/C26H27ClN2OS.ClH/c1-5-23(20(14-18-11-12-18)19-9-7-6-8-10-19)28-26-29-25(17(3)31-26)21-13-16(2)24(30-4)15-22(21)27;/h1,6-10,13,15,18,20,23H,11-12,14H2,2-4H3,(H,28,29);1H. The van der Waals surface area contributed by atoms with Crippen molar-refractivity contribution in [3.05, 3.63) is 63.5 Å². The molecule has 2 atom stereocenters. The number of benzene rings is 2. The van der Waals surface area contributed by atoms with Gasteiger partial charge in [-0.25, -0.2) is 4.98 Å². The molecule has 0 spiro atoms. The van der Waals surface area contributed by atoms with Gasteiger partial charge in [0.2, 0.25) is 0 Å². The van der Waals surface area contributed by atoms with Crippen molar-refractivity contribution in [1.82, 2.24) is 4.98 Å². The molecular formula is C26H28Cl2N2OS. The number of halogens is 2. The fourth-order valence-corrected chi connectivity index (χ4v) is 5.15. The molecule has 4 rings (SSSR count). The first-order valence-corrected chi connectivity index (χ1v) is 11.8. The van der Waals surface area contributed by atoms with Gasteiger partial charge in [-0.2, -0.15) is 0 Å². The van der Waals surface area contributed by atoms with Gasteiger partial charge in [-0.05, 0) is 49.4 Å². The lowest BCUT2D eigenvalue weighted by Gasteiger charge is -2.24. The van der Waals surface area contributed by atoms with Crippen LogP contribution >= 0.6 is 35.3 Å². The molecule has 1 aliphatic rings. The molecule has 2 aromatic carbocycles. The number of nitrogens with zero attached hydrogens (tertiary/aromatic N) is 1. The van der Waals surface area contributed by atoms with Gasteiger partial charge in [0.15, 0.2) is 5.13 Å². The summed E-state index contributed by atoms with van der Waals surface area (Å²) in [6.07, 6.45) is 9.72. The summed E-state index contributed by atoms with van der Waals surface area (Å²) >= 11 is 8.17. The summed E-state index contributed by atoms with van der Waals surface area (Å²) in [4.78, 5) is 5.98. The maximum atomic E-state index is 6.56. The highest BCUT2D eigenvalue weighted by atomic mass is 35.5. The minimum Gasteiger partial charge on any atom is -0.496 e. The summed E-state index contributed by atoms with van der Waals surface area (Å²) in [5, 5.41) is 5.01. The summed E-state index contributed by atoms with van der Waals surface area (Å²) in [5.41, 5.74) is 4.11. The summed E-state index contributed by atoms with van der Waals surface area (Å²) in [6.45, 7) is 4.08. The number of thiazole rings is 1. The number of rotatable bonds is 8. The summed E-state index contributed by atoms with van der Waals surface area (Å²) < 4.78 is 5.39. The van der Waals surface area contributed by atoms with Crippen LogP contribution in [0.4, 0.5) is 5.13 Å². The van der Waals surface area contributed by atoms with E-state index in [1.54, 1.807) is 18.4 Å². The maximum absolute atomic E-state index is 6.56. The molecule has 1 aliphatic carbocycles. The second-order valence-corrected chi connectivity index (χ2v) is 9.82. The minimum absolute atomic E-state index is 0. The van der Waals surface area contributed by atoms with Crippen molar-refractivity contribution in [3.63, 3.8) is 0 Å². The Morgan fingerprint density at radius 3 is 2.59 bits per heavy atom. The van der Waals surface area contributed by atoms with E-state index < -0.39 is 0 Å². The van der Waals surface area contributed by atoms with E-state index in [2.05, 4.69) is 42.4 Å².